The van der Waals surface area contributed by atoms with E-state index in [1.54, 1.807) is 25.1 Å². The van der Waals surface area contributed by atoms with Gasteiger partial charge in [-0.3, -0.25) is 9.69 Å². The quantitative estimate of drug-likeness (QED) is 0.778. The Labute approximate surface area is 137 Å². The minimum absolute atomic E-state index is 0.0445. The molecule has 24 heavy (non-hydrogen) atoms. The number of amides is 2. The molecule has 1 aromatic carbocycles. The molecule has 0 radical (unpaired) electrons. The summed E-state index contributed by atoms with van der Waals surface area (Å²) in [6, 6.07) is 4.49. The first-order chi connectivity index (χ1) is 11.5. The van der Waals surface area contributed by atoms with E-state index < -0.39 is 30.9 Å². The second-order valence-electron chi connectivity index (χ2n) is 5.76. The Kier molecular flexibility index (Phi) is 4.13. The van der Waals surface area contributed by atoms with Gasteiger partial charge in [0.05, 0.1) is 26.1 Å². The molecule has 1 aromatic rings. The molecule has 2 heterocycles. The molecule has 2 atom stereocenters. The van der Waals surface area contributed by atoms with Crippen LogP contribution in [0.1, 0.15) is 12.5 Å². The van der Waals surface area contributed by atoms with Crippen molar-refractivity contribution in [3.8, 4) is 0 Å². The number of ether oxygens (including phenoxy) is 2. The van der Waals surface area contributed by atoms with Crippen molar-refractivity contribution >= 4 is 29.3 Å². The highest BCUT2D eigenvalue weighted by molar-refractivity contribution is 6.03. The zero-order valence-electron chi connectivity index (χ0n) is 13.3. The van der Waals surface area contributed by atoms with Crippen LogP contribution >= 0.6 is 0 Å². The minimum atomic E-state index is -0.972. The molecule has 1 saturated heterocycles. The van der Waals surface area contributed by atoms with Gasteiger partial charge in [0.2, 0.25) is 12.0 Å². The summed E-state index contributed by atoms with van der Waals surface area (Å²) in [5.74, 6) is -0.797. The predicted octanol–water partition coefficient (Wildman–Crippen LogP) is 1.43. The van der Waals surface area contributed by atoms with Crippen molar-refractivity contribution in [2.75, 3.05) is 30.1 Å². The Bertz CT molecular complexity index is 708. The number of fused-ring (bicyclic) bond motifs is 1. The van der Waals surface area contributed by atoms with Gasteiger partial charge >= 0.3 is 12.1 Å². The fourth-order valence-corrected chi connectivity index (χ4v) is 2.98. The van der Waals surface area contributed by atoms with Crippen molar-refractivity contribution in [3.05, 3.63) is 23.8 Å². The van der Waals surface area contributed by atoms with Crippen LogP contribution in [0.4, 0.5) is 20.6 Å². The van der Waals surface area contributed by atoms with E-state index in [9.17, 15) is 18.8 Å². The van der Waals surface area contributed by atoms with Crippen molar-refractivity contribution in [2.24, 2.45) is 0 Å². The number of carbonyl (C=O) groups excluding carboxylic acids is 3. The molecule has 0 saturated carbocycles. The lowest BCUT2D eigenvalue weighted by Crippen LogP contribution is -2.37. The molecule has 8 heteroatoms. The van der Waals surface area contributed by atoms with Gasteiger partial charge in [-0.25, -0.2) is 14.0 Å². The van der Waals surface area contributed by atoms with Gasteiger partial charge in [-0.1, -0.05) is 0 Å². The van der Waals surface area contributed by atoms with Crippen molar-refractivity contribution in [2.45, 2.75) is 25.5 Å². The molecule has 128 valence electrons. The molecule has 0 aromatic heterocycles. The lowest BCUT2D eigenvalue weighted by atomic mass is 10.1. The van der Waals surface area contributed by atoms with Gasteiger partial charge < -0.3 is 14.4 Å². The normalized spacial score (nSPS) is 20.9. The first-order valence-electron chi connectivity index (χ1n) is 7.53. The number of alkyl halides is 1. The van der Waals surface area contributed by atoms with Crippen LogP contribution in [0, 0.1) is 0 Å². The minimum Gasteiger partial charge on any atom is -0.466 e. The Morgan fingerprint density at radius 3 is 2.88 bits per heavy atom. The summed E-state index contributed by atoms with van der Waals surface area (Å²) < 4.78 is 22.5. The lowest BCUT2D eigenvalue weighted by Gasteiger charge is -2.23. The monoisotopic (exact) mass is 336 g/mol. The number of hydrogen-bond acceptors (Lipinski definition) is 5. The molecule has 0 bridgehead atoms. The molecule has 1 fully saturated rings. The lowest BCUT2D eigenvalue weighted by molar-refractivity contribution is -0.148. The number of methoxy groups -OCH3 is 1. The van der Waals surface area contributed by atoms with E-state index in [-0.39, 0.29) is 18.9 Å². The summed E-state index contributed by atoms with van der Waals surface area (Å²) in [6.45, 7) is 1.05. The second-order valence-corrected chi connectivity index (χ2v) is 5.76. The van der Waals surface area contributed by atoms with E-state index in [1.807, 2.05) is 0 Å². The van der Waals surface area contributed by atoms with E-state index in [1.165, 1.54) is 16.9 Å². The van der Waals surface area contributed by atoms with Gasteiger partial charge in [-0.15, -0.1) is 0 Å². The molecule has 2 amide bonds. The number of halogens is 1. The summed E-state index contributed by atoms with van der Waals surface area (Å²) in [4.78, 5) is 38.3. The molecule has 0 aliphatic carbocycles. The zero-order valence-corrected chi connectivity index (χ0v) is 13.3. The van der Waals surface area contributed by atoms with Crippen LogP contribution < -0.4 is 9.80 Å². The molecule has 1 unspecified atom stereocenters. The van der Waals surface area contributed by atoms with Crippen molar-refractivity contribution < 1.29 is 28.2 Å². The topological polar surface area (TPSA) is 76.2 Å². The second kappa shape index (κ2) is 6.10. The van der Waals surface area contributed by atoms with Gasteiger partial charge in [0.15, 0.2) is 0 Å². The number of benzene rings is 1. The largest absolute Gasteiger partial charge is 0.466 e. The molecular formula is C16H17FN2O5. The molecule has 2 aliphatic heterocycles. The van der Waals surface area contributed by atoms with Crippen molar-refractivity contribution in [1.29, 1.82) is 0 Å². The van der Waals surface area contributed by atoms with E-state index >= 15 is 0 Å². The molecule has 3 rings (SSSR count). The van der Waals surface area contributed by atoms with Crippen LogP contribution in [0.15, 0.2) is 18.2 Å². The number of cyclic esters (lactones) is 1. The van der Waals surface area contributed by atoms with Crippen molar-refractivity contribution in [1.82, 2.24) is 0 Å². The third-order valence-electron chi connectivity index (χ3n) is 4.18. The molecular weight excluding hydrogens is 319 g/mol. The maximum atomic E-state index is 12.9. The van der Waals surface area contributed by atoms with Gasteiger partial charge in [0.1, 0.15) is 6.67 Å². The number of hydrogen-bond donors (Lipinski definition) is 0. The van der Waals surface area contributed by atoms with Gasteiger partial charge in [-0.2, -0.15) is 0 Å². The molecule has 0 spiro atoms. The first-order valence-corrected chi connectivity index (χ1v) is 7.53. The van der Waals surface area contributed by atoms with Crippen LogP contribution in [0.3, 0.4) is 0 Å². The number of anilines is 2. The fraction of sp³-hybridized carbons (Fsp3) is 0.438. The van der Waals surface area contributed by atoms with Gasteiger partial charge in [0, 0.05) is 11.4 Å². The van der Waals surface area contributed by atoms with E-state index in [4.69, 9.17) is 4.74 Å². The summed E-state index contributed by atoms with van der Waals surface area (Å²) in [5.41, 5.74) is 1.88. The Hall–Kier alpha value is -2.64. The summed E-state index contributed by atoms with van der Waals surface area (Å²) in [7, 11) is 1.22. The van der Waals surface area contributed by atoms with Crippen LogP contribution in [0.25, 0.3) is 0 Å². The SMILES string of the molecule is COC(=O)[C@H]1CN(c2ccc3c(c2)CC(=O)N3C(C)CF)C(=O)O1. The molecule has 0 N–H and O–H groups in total. The highest BCUT2D eigenvalue weighted by Gasteiger charge is 2.39. The Balaban J connectivity index is 1.86. The van der Waals surface area contributed by atoms with E-state index in [2.05, 4.69) is 4.74 Å². The number of esters is 1. The standard InChI is InChI=1S/C16H17FN2O5/c1-9(7-17)19-12-4-3-11(5-10(12)6-14(19)20)18-8-13(15(21)23-2)24-16(18)22/h3-5,9,13H,6-8H2,1-2H3/t9?,13-/m1/s1. The first kappa shape index (κ1) is 16.2. The Morgan fingerprint density at radius 2 is 2.21 bits per heavy atom. The highest BCUT2D eigenvalue weighted by atomic mass is 19.1. The van der Waals surface area contributed by atoms with Gasteiger partial charge in [0.25, 0.3) is 0 Å². The summed E-state index contributed by atoms with van der Waals surface area (Å²) in [6.07, 6.45) is -1.47. The summed E-state index contributed by atoms with van der Waals surface area (Å²) in [5, 5.41) is 0. The van der Waals surface area contributed by atoms with E-state index in [0.717, 1.165) is 0 Å². The Morgan fingerprint density at radius 1 is 1.46 bits per heavy atom. The number of rotatable bonds is 4. The summed E-state index contributed by atoms with van der Waals surface area (Å²) >= 11 is 0. The number of nitrogens with zero attached hydrogens (tertiary/aromatic N) is 2. The van der Waals surface area contributed by atoms with E-state index in [0.29, 0.717) is 16.9 Å². The predicted molar refractivity (Wildman–Crippen MR) is 82.7 cm³/mol. The van der Waals surface area contributed by atoms with Crippen LogP contribution in [-0.2, 0) is 25.5 Å². The zero-order chi connectivity index (χ0) is 17.4. The fourth-order valence-electron chi connectivity index (χ4n) is 2.98. The highest BCUT2D eigenvalue weighted by Crippen LogP contribution is 2.35. The maximum Gasteiger partial charge on any atom is 0.415 e. The van der Waals surface area contributed by atoms with Crippen LogP contribution in [0.5, 0.6) is 0 Å². The van der Waals surface area contributed by atoms with Crippen LogP contribution in [-0.4, -0.2) is 50.4 Å². The smallest absolute Gasteiger partial charge is 0.415 e. The third kappa shape index (κ3) is 2.57. The van der Waals surface area contributed by atoms with Crippen molar-refractivity contribution in [3.63, 3.8) is 0 Å². The van der Waals surface area contributed by atoms with Crippen LogP contribution in [0.2, 0.25) is 0 Å². The molecule has 2 aliphatic rings. The third-order valence-corrected chi connectivity index (χ3v) is 4.18. The van der Waals surface area contributed by atoms with Gasteiger partial charge in [-0.05, 0) is 30.7 Å². The average molecular weight is 336 g/mol. The molecule has 7 nitrogen and oxygen atoms in total. The number of carbonyl (C=O) groups is 3. The average Bonchev–Trinajstić information content (AvgIpc) is 3.12. The maximum absolute atomic E-state index is 12.9.